The van der Waals surface area contributed by atoms with Gasteiger partial charge in [-0.25, -0.2) is 9.97 Å². The first-order chi connectivity index (χ1) is 11.0. The van der Waals surface area contributed by atoms with Gasteiger partial charge in [0.2, 0.25) is 0 Å². The van der Waals surface area contributed by atoms with E-state index in [1.54, 1.807) is 18.3 Å². The fraction of sp³-hybridized carbons (Fsp3) is 0.353. The molecule has 1 aromatic carbocycles. The van der Waals surface area contributed by atoms with Crippen molar-refractivity contribution in [2.45, 2.75) is 27.2 Å². The molecule has 0 radical (unpaired) electrons. The van der Waals surface area contributed by atoms with E-state index in [0.29, 0.717) is 22.4 Å². The van der Waals surface area contributed by atoms with Crippen LogP contribution in [0, 0.1) is 12.8 Å². The Labute approximate surface area is 141 Å². The lowest BCUT2D eigenvalue weighted by atomic mass is 10.1. The summed E-state index contributed by atoms with van der Waals surface area (Å²) in [5.41, 5.74) is 1.87. The lowest BCUT2D eigenvalue weighted by molar-refractivity contribution is 0.102. The van der Waals surface area contributed by atoms with Crippen LogP contribution in [0.25, 0.3) is 0 Å². The van der Waals surface area contributed by atoms with E-state index in [1.165, 1.54) is 6.20 Å². The van der Waals surface area contributed by atoms with Crippen molar-refractivity contribution in [3.05, 3.63) is 46.9 Å². The summed E-state index contributed by atoms with van der Waals surface area (Å²) in [5, 5.41) is 6.56. The third-order valence-corrected chi connectivity index (χ3v) is 3.60. The highest BCUT2D eigenvalue weighted by molar-refractivity contribution is 6.31. The molecule has 1 amide bonds. The van der Waals surface area contributed by atoms with Crippen LogP contribution >= 0.6 is 11.6 Å². The van der Waals surface area contributed by atoms with Gasteiger partial charge in [0.15, 0.2) is 0 Å². The Balaban J connectivity index is 1.98. The highest BCUT2D eigenvalue weighted by Gasteiger charge is 2.10. The van der Waals surface area contributed by atoms with Gasteiger partial charge in [-0.3, -0.25) is 4.79 Å². The van der Waals surface area contributed by atoms with Gasteiger partial charge in [-0.2, -0.15) is 0 Å². The van der Waals surface area contributed by atoms with Crippen LogP contribution in [0.5, 0.6) is 0 Å². The zero-order valence-electron chi connectivity index (χ0n) is 13.6. The molecular formula is C17H21ClN4O. The molecule has 122 valence electrons. The van der Waals surface area contributed by atoms with E-state index in [1.807, 2.05) is 13.0 Å². The molecule has 0 saturated heterocycles. The van der Waals surface area contributed by atoms with Crippen LogP contribution in [0.15, 0.2) is 30.6 Å². The number of anilines is 2. The predicted molar refractivity (Wildman–Crippen MR) is 94.1 cm³/mol. The summed E-state index contributed by atoms with van der Waals surface area (Å²) < 4.78 is 0. The Bertz CT molecular complexity index is 671. The first-order valence-corrected chi connectivity index (χ1v) is 7.97. The molecule has 2 aromatic rings. The van der Waals surface area contributed by atoms with Crippen molar-refractivity contribution in [3.8, 4) is 0 Å². The number of rotatable bonds is 6. The maximum absolute atomic E-state index is 12.2. The highest BCUT2D eigenvalue weighted by atomic mass is 35.5. The second-order valence-electron chi connectivity index (χ2n) is 5.81. The van der Waals surface area contributed by atoms with Gasteiger partial charge in [0, 0.05) is 17.3 Å². The van der Waals surface area contributed by atoms with Gasteiger partial charge in [-0.05, 0) is 37.0 Å². The van der Waals surface area contributed by atoms with E-state index in [9.17, 15) is 4.79 Å². The Hall–Kier alpha value is -2.14. The molecule has 0 unspecified atom stereocenters. The van der Waals surface area contributed by atoms with Crippen LogP contribution in [0.1, 0.15) is 36.3 Å². The lowest BCUT2D eigenvalue weighted by Gasteiger charge is -2.09. The summed E-state index contributed by atoms with van der Waals surface area (Å²) in [6.07, 6.45) is 4.09. The number of carbonyl (C=O) groups excluding carboxylic acids is 1. The fourth-order valence-corrected chi connectivity index (χ4v) is 2.11. The van der Waals surface area contributed by atoms with E-state index in [4.69, 9.17) is 11.6 Å². The van der Waals surface area contributed by atoms with Gasteiger partial charge in [0.05, 0.1) is 12.4 Å². The van der Waals surface area contributed by atoms with Crippen molar-refractivity contribution in [2.24, 2.45) is 5.92 Å². The number of amides is 1. The molecule has 0 fully saturated rings. The minimum absolute atomic E-state index is 0.263. The second kappa shape index (κ2) is 7.92. The van der Waals surface area contributed by atoms with E-state index >= 15 is 0 Å². The molecule has 0 saturated carbocycles. The molecule has 2 rings (SSSR count). The third-order valence-electron chi connectivity index (χ3n) is 3.36. The number of aromatic nitrogens is 2. The highest BCUT2D eigenvalue weighted by Crippen LogP contribution is 2.20. The molecule has 0 bridgehead atoms. The summed E-state index contributed by atoms with van der Waals surface area (Å²) in [4.78, 5) is 20.6. The van der Waals surface area contributed by atoms with E-state index in [0.717, 1.165) is 18.5 Å². The standard InChI is InChI=1S/C17H21ClN4O/c1-11(2)6-7-19-16-10-20-15(9-21-16)17(23)22-14-8-13(18)5-4-12(14)3/h4-5,8-11H,6-7H2,1-3H3,(H,19,21)(H,22,23). The van der Waals surface area contributed by atoms with E-state index in [2.05, 4.69) is 34.4 Å². The molecule has 0 aliphatic heterocycles. The van der Waals surface area contributed by atoms with Crippen LogP contribution in [0.4, 0.5) is 11.5 Å². The van der Waals surface area contributed by atoms with Gasteiger partial charge < -0.3 is 10.6 Å². The predicted octanol–water partition coefficient (Wildman–Crippen LogP) is 4.15. The third kappa shape index (κ3) is 5.21. The second-order valence-corrected chi connectivity index (χ2v) is 6.25. The number of hydrogen-bond acceptors (Lipinski definition) is 4. The summed E-state index contributed by atoms with van der Waals surface area (Å²) in [6.45, 7) is 7.07. The van der Waals surface area contributed by atoms with Crippen molar-refractivity contribution < 1.29 is 4.79 Å². The Morgan fingerprint density at radius 3 is 2.70 bits per heavy atom. The lowest BCUT2D eigenvalue weighted by Crippen LogP contribution is -2.15. The fourth-order valence-electron chi connectivity index (χ4n) is 1.94. The largest absolute Gasteiger partial charge is 0.369 e. The summed E-state index contributed by atoms with van der Waals surface area (Å²) in [5.74, 6) is 0.985. The number of nitrogens with one attached hydrogen (secondary N) is 2. The molecule has 0 atom stereocenters. The average Bonchev–Trinajstić information content (AvgIpc) is 2.51. The van der Waals surface area contributed by atoms with Gasteiger partial charge in [-0.1, -0.05) is 31.5 Å². The molecule has 1 heterocycles. The van der Waals surface area contributed by atoms with Crippen LogP contribution in [0.2, 0.25) is 5.02 Å². The van der Waals surface area contributed by atoms with Crippen molar-refractivity contribution >= 4 is 29.0 Å². The normalized spacial score (nSPS) is 10.7. The van der Waals surface area contributed by atoms with Gasteiger partial charge in [0.1, 0.15) is 11.5 Å². The first-order valence-electron chi connectivity index (χ1n) is 7.59. The molecule has 0 aliphatic carbocycles. The smallest absolute Gasteiger partial charge is 0.275 e. The van der Waals surface area contributed by atoms with E-state index in [-0.39, 0.29) is 11.6 Å². The van der Waals surface area contributed by atoms with Crippen LogP contribution in [-0.2, 0) is 0 Å². The molecule has 0 spiro atoms. The van der Waals surface area contributed by atoms with Gasteiger partial charge in [0.25, 0.3) is 5.91 Å². The number of carbonyl (C=O) groups is 1. The van der Waals surface area contributed by atoms with Crippen LogP contribution in [-0.4, -0.2) is 22.4 Å². The monoisotopic (exact) mass is 332 g/mol. The minimum Gasteiger partial charge on any atom is -0.369 e. The average molecular weight is 333 g/mol. The minimum atomic E-state index is -0.309. The summed E-state index contributed by atoms with van der Waals surface area (Å²) >= 11 is 5.95. The number of halogens is 1. The SMILES string of the molecule is Cc1ccc(Cl)cc1NC(=O)c1cnc(NCCC(C)C)cn1. The zero-order valence-corrected chi connectivity index (χ0v) is 14.3. The molecule has 0 aliphatic rings. The Kier molecular flexibility index (Phi) is 5.93. The number of benzene rings is 1. The Morgan fingerprint density at radius 2 is 2.04 bits per heavy atom. The molecule has 2 N–H and O–H groups in total. The van der Waals surface area contributed by atoms with Crippen LogP contribution < -0.4 is 10.6 Å². The van der Waals surface area contributed by atoms with Gasteiger partial charge in [-0.15, -0.1) is 0 Å². The summed E-state index contributed by atoms with van der Waals surface area (Å²) in [7, 11) is 0. The molecule has 5 nitrogen and oxygen atoms in total. The summed E-state index contributed by atoms with van der Waals surface area (Å²) in [6, 6.07) is 5.35. The topological polar surface area (TPSA) is 66.9 Å². The van der Waals surface area contributed by atoms with Crippen molar-refractivity contribution in [1.82, 2.24) is 9.97 Å². The van der Waals surface area contributed by atoms with Crippen molar-refractivity contribution in [1.29, 1.82) is 0 Å². The van der Waals surface area contributed by atoms with Crippen LogP contribution in [0.3, 0.4) is 0 Å². The number of aryl methyl sites for hydroxylation is 1. The maximum Gasteiger partial charge on any atom is 0.275 e. The van der Waals surface area contributed by atoms with Gasteiger partial charge >= 0.3 is 0 Å². The van der Waals surface area contributed by atoms with E-state index < -0.39 is 0 Å². The molecule has 6 heteroatoms. The van der Waals surface area contributed by atoms with Crippen molar-refractivity contribution in [2.75, 3.05) is 17.2 Å². The Morgan fingerprint density at radius 1 is 1.26 bits per heavy atom. The number of nitrogens with zero attached hydrogens (tertiary/aromatic N) is 2. The van der Waals surface area contributed by atoms with Crippen molar-refractivity contribution in [3.63, 3.8) is 0 Å². The first kappa shape index (κ1) is 17.2. The number of hydrogen-bond donors (Lipinski definition) is 2. The molecular weight excluding hydrogens is 312 g/mol. The molecule has 23 heavy (non-hydrogen) atoms. The quantitative estimate of drug-likeness (QED) is 0.834. The zero-order chi connectivity index (χ0) is 16.8. The molecule has 1 aromatic heterocycles. The maximum atomic E-state index is 12.2.